The van der Waals surface area contributed by atoms with E-state index in [0.717, 1.165) is 18.4 Å². The molecule has 2 N–H and O–H groups in total. The quantitative estimate of drug-likeness (QED) is 0.698. The first kappa shape index (κ1) is 16.1. The van der Waals surface area contributed by atoms with E-state index in [1.165, 1.54) is 16.8 Å². The Kier molecular flexibility index (Phi) is 6.01. The molecule has 2 amide bonds. The third-order valence-corrected chi connectivity index (χ3v) is 3.51. The molecule has 22 heavy (non-hydrogen) atoms. The monoisotopic (exact) mass is 322 g/mol. The fourth-order valence-corrected chi connectivity index (χ4v) is 2.31. The fraction of sp³-hybridized carbons (Fsp3) is 0.462. The van der Waals surface area contributed by atoms with Gasteiger partial charge >= 0.3 is 0 Å². The molecular formula is C13H18N6O2S. The van der Waals surface area contributed by atoms with Crippen molar-refractivity contribution in [1.29, 1.82) is 0 Å². The molecule has 0 unspecified atom stereocenters. The lowest BCUT2D eigenvalue weighted by molar-refractivity contribution is -0.124. The van der Waals surface area contributed by atoms with Crippen molar-refractivity contribution in [3.05, 3.63) is 23.5 Å². The van der Waals surface area contributed by atoms with Crippen molar-refractivity contribution in [2.24, 2.45) is 7.05 Å². The van der Waals surface area contributed by atoms with Crippen LogP contribution in [-0.2, 0) is 23.1 Å². The van der Waals surface area contributed by atoms with Crippen LogP contribution >= 0.6 is 11.3 Å². The Morgan fingerprint density at radius 1 is 1.32 bits per heavy atom. The van der Waals surface area contributed by atoms with Crippen LogP contribution in [0, 0.1) is 0 Å². The molecule has 0 aliphatic heterocycles. The molecular weight excluding hydrogens is 304 g/mol. The molecule has 118 valence electrons. The molecule has 0 radical (unpaired) electrons. The largest absolute Gasteiger partial charge is 0.356 e. The van der Waals surface area contributed by atoms with E-state index in [1.807, 2.05) is 19.4 Å². The van der Waals surface area contributed by atoms with Crippen molar-refractivity contribution in [2.75, 3.05) is 11.9 Å². The highest BCUT2D eigenvalue weighted by molar-refractivity contribution is 7.13. The summed E-state index contributed by atoms with van der Waals surface area (Å²) >= 11 is 1.24. The highest BCUT2D eigenvalue weighted by atomic mass is 32.1. The van der Waals surface area contributed by atoms with E-state index in [9.17, 15) is 9.59 Å². The van der Waals surface area contributed by atoms with Gasteiger partial charge in [-0.15, -0.1) is 10.2 Å². The van der Waals surface area contributed by atoms with E-state index >= 15 is 0 Å². The molecule has 0 aliphatic rings. The summed E-state index contributed by atoms with van der Waals surface area (Å²) in [5, 5.41) is 17.2. The fourth-order valence-electron chi connectivity index (χ4n) is 1.85. The van der Waals surface area contributed by atoms with Gasteiger partial charge in [-0.25, -0.2) is 0 Å². The first-order valence-corrected chi connectivity index (χ1v) is 7.81. The minimum Gasteiger partial charge on any atom is -0.356 e. The molecule has 0 saturated carbocycles. The van der Waals surface area contributed by atoms with Crippen molar-refractivity contribution in [1.82, 2.24) is 25.3 Å². The van der Waals surface area contributed by atoms with Crippen molar-refractivity contribution < 1.29 is 9.59 Å². The Hall–Kier alpha value is -2.29. The van der Waals surface area contributed by atoms with E-state index in [1.54, 1.807) is 4.68 Å². The smallest absolute Gasteiger partial charge is 0.226 e. The van der Waals surface area contributed by atoms with Crippen LogP contribution in [0.5, 0.6) is 0 Å². The Balaban J connectivity index is 1.55. The minimum atomic E-state index is -0.234. The molecule has 0 atom stereocenters. The molecule has 8 nitrogen and oxygen atoms in total. The topological polar surface area (TPSA) is 102 Å². The van der Waals surface area contributed by atoms with Gasteiger partial charge in [0.25, 0.3) is 0 Å². The van der Waals surface area contributed by atoms with E-state index in [0.29, 0.717) is 11.7 Å². The molecule has 2 heterocycles. The molecule has 0 aliphatic carbocycles. The van der Waals surface area contributed by atoms with Crippen LogP contribution in [0.15, 0.2) is 17.9 Å². The lowest BCUT2D eigenvalue weighted by atomic mass is 10.2. The number of nitrogens with zero attached hydrogens (tertiary/aromatic N) is 4. The van der Waals surface area contributed by atoms with Gasteiger partial charge in [0.2, 0.25) is 16.9 Å². The SMILES string of the molecule is Cn1cc(CCCNC(=O)CCC(=O)Nc2nncs2)cn1. The maximum absolute atomic E-state index is 11.6. The van der Waals surface area contributed by atoms with Gasteiger partial charge < -0.3 is 10.6 Å². The summed E-state index contributed by atoms with van der Waals surface area (Å²) in [7, 11) is 1.87. The number of aryl methyl sites for hydroxylation is 2. The number of hydrogen-bond acceptors (Lipinski definition) is 6. The van der Waals surface area contributed by atoms with Crippen LogP contribution in [0.1, 0.15) is 24.8 Å². The number of carbonyl (C=O) groups excluding carboxylic acids is 2. The van der Waals surface area contributed by atoms with Gasteiger partial charge in [0.05, 0.1) is 6.20 Å². The minimum absolute atomic E-state index is 0.126. The van der Waals surface area contributed by atoms with Gasteiger partial charge in [-0.1, -0.05) is 11.3 Å². The van der Waals surface area contributed by atoms with E-state index in [2.05, 4.69) is 25.9 Å². The maximum Gasteiger partial charge on any atom is 0.226 e. The number of anilines is 1. The Morgan fingerprint density at radius 2 is 2.14 bits per heavy atom. The summed E-state index contributed by atoms with van der Waals surface area (Å²) in [5.74, 6) is -0.360. The number of rotatable bonds is 8. The molecule has 0 aromatic carbocycles. The summed E-state index contributed by atoms with van der Waals surface area (Å²) < 4.78 is 1.75. The predicted octanol–water partition coefficient (Wildman–Crippen LogP) is 0.739. The van der Waals surface area contributed by atoms with Crippen LogP contribution < -0.4 is 10.6 Å². The van der Waals surface area contributed by atoms with E-state index < -0.39 is 0 Å². The first-order chi connectivity index (χ1) is 10.6. The summed E-state index contributed by atoms with van der Waals surface area (Å²) in [5.41, 5.74) is 2.68. The zero-order valence-corrected chi connectivity index (χ0v) is 13.1. The van der Waals surface area contributed by atoms with Crippen LogP contribution in [-0.4, -0.2) is 38.3 Å². The lowest BCUT2D eigenvalue weighted by Gasteiger charge is -2.04. The van der Waals surface area contributed by atoms with Crippen LogP contribution in [0.4, 0.5) is 5.13 Å². The summed E-state index contributed by atoms with van der Waals surface area (Å²) in [4.78, 5) is 23.2. The van der Waals surface area contributed by atoms with Crippen molar-refractivity contribution >= 4 is 28.3 Å². The van der Waals surface area contributed by atoms with Crippen LogP contribution in [0.3, 0.4) is 0 Å². The summed E-state index contributed by atoms with van der Waals surface area (Å²) in [6, 6.07) is 0. The zero-order valence-electron chi connectivity index (χ0n) is 12.3. The first-order valence-electron chi connectivity index (χ1n) is 6.94. The van der Waals surface area contributed by atoms with Crippen LogP contribution in [0.2, 0.25) is 0 Å². The molecule has 0 fully saturated rings. The predicted molar refractivity (Wildman–Crippen MR) is 82.3 cm³/mol. The molecule has 0 bridgehead atoms. The van der Waals surface area contributed by atoms with Crippen molar-refractivity contribution in [2.45, 2.75) is 25.7 Å². The molecule has 0 saturated heterocycles. The van der Waals surface area contributed by atoms with Crippen molar-refractivity contribution in [3.63, 3.8) is 0 Å². The second-order valence-electron chi connectivity index (χ2n) is 4.77. The number of nitrogens with one attached hydrogen (secondary N) is 2. The second-order valence-corrected chi connectivity index (χ2v) is 5.60. The number of hydrogen-bond donors (Lipinski definition) is 2. The normalized spacial score (nSPS) is 10.4. The molecule has 2 aromatic heterocycles. The molecule has 2 aromatic rings. The highest BCUT2D eigenvalue weighted by Crippen LogP contribution is 2.08. The Bertz CT molecular complexity index is 610. The van der Waals surface area contributed by atoms with Gasteiger partial charge in [-0.2, -0.15) is 5.10 Å². The average Bonchev–Trinajstić information content (AvgIpc) is 3.13. The van der Waals surface area contributed by atoms with Crippen LogP contribution in [0.25, 0.3) is 0 Å². The Morgan fingerprint density at radius 3 is 2.82 bits per heavy atom. The summed E-state index contributed by atoms with van der Waals surface area (Å²) in [6.07, 6.45) is 5.78. The number of amides is 2. The zero-order chi connectivity index (χ0) is 15.8. The third kappa shape index (κ3) is 5.60. The van der Waals surface area contributed by atoms with E-state index in [4.69, 9.17) is 0 Å². The number of carbonyl (C=O) groups is 2. The maximum atomic E-state index is 11.6. The van der Waals surface area contributed by atoms with Gasteiger partial charge in [0.15, 0.2) is 0 Å². The van der Waals surface area contributed by atoms with Gasteiger partial charge in [0.1, 0.15) is 5.51 Å². The van der Waals surface area contributed by atoms with Crippen molar-refractivity contribution in [3.8, 4) is 0 Å². The standard InChI is InChI=1S/C13H18N6O2S/c1-19-8-10(7-16-19)3-2-6-14-11(20)4-5-12(21)17-13-18-15-9-22-13/h7-9H,2-6H2,1H3,(H,14,20)(H,17,18,21). The molecule has 2 rings (SSSR count). The van der Waals surface area contributed by atoms with E-state index in [-0.39, 0.29) is 24.7 Å². The molecule has 9 heteroatoms. The highest BCUT2D eigenvalue weighted by Gasteiger charge is 2.08. The lowest BCUT2D eigenvalue weighted by Crippen LogP contribution is -2.26. The number of aromatic nitrogens is 4. The van der Waals surface area contributed by atoms with Gasteiger partial charge in [-0.3, -0.25) is 14.3 Å². The third-order valence-electron chi connectivity index (χ3n) is 2.91. The Labute approximate surface area is 131 Å². The van der Waals surface area contributed by atoms with Gasteiger partial charge in [-0.05, 0) is 18.4 Å². The second kappa shape index (κ2) is 8.23. The van der Waals surface area contributed by atoms with Gasteiger partial charge in [0, 0.05) is 32.6 Å². The summed E-state index contributed by atoms with van der Waals surface area (Å²) in [6.45, 7) is 0.589. The molecule has 0 spiro atoms. The average molecular weight is 322 g/mol.